The Balaban J connectivity index is 1.38. The lowest BCUT2D eigenvalue weighted by molar-refractivity contribution is -0.138. The van der Waals surface area contributed by atoms with Crippen molar-refractivity contribution in [2.45, 2.75) is 19.3 Å². The van der Waals surface area contributed by atoms with Gasteiger partial charge in [-0.3, -0.25) is 14.4 Å². The second-order valence-electron chi connectivity index (χ2n) is 10.2. The molecule has 1 saturated carbocycles. The molecule has 10 heteroatoms. The predicted octanol–water partition coefficient (Wildman–Crippen LogP) is 2.45. The fourth-order valence-electron chi connectivity index (χ4n) is 5.35. The molecule has 2 aliphatic heterocycles. The van der Waals surface area contributed by atoms with E-state index in [-0.39, 0.29) is 23.6 Å². The number of hydrogen-bond donors (Lipinski definition) is 2. The van der Waals surface area contributed by atoms with E-state index in [1.54, 1.807) is 31.4 Å². The summed E-state index contributed by atoms with van der Waals surface area (Å²) >= 11 is 0. The number of rotatable bonds is 7. The average Bonchev–Trinajstić information content (AvgIpc) is 2.96. The van der Waals surface area contributed by atoms with Crippen molar-refractivity contribution in [3.8, 4) is 11.5 Å². The van der Waals surface area contributed by atoms with Crippen molar-refractivity contribution in [2.75, 3.05) is 76.8 Å². The molecular formula is C29H37N5O5. The van der Waals surface area contributed by atoms with E-state index in [0.29, 0.717) is 67.6 Å². The number of nitrogens with one attached hydrogen (secondary N) is 2. The maximum absolute atomic E-state index is 13.4. The maximum Gasteiger partial charge on any atom is 0.255 e. The van der Waals surface area contributed by atoms with Gasteiger partial charge >= 0.3 is 0 Å². The molecule has 0 unspecified atom stereocenters. The molecule has 2 aromatic rings. The first kappa shape index (κ1) is 26.8. The molecule has 0 bridgehead atoms. The molecule has 0 spiro atoms. The summed E-state index contributed by atoms with van der Waals surface area (Å²) in [4.78, 5) is 45.3. The third-order valence-electron chi connectivity index (χ3n) is 7.93. The summed E-state index contributed by atoms with van der Waals surface area (Å²) in [7, 11) is 3.07. The zero-order valence-electron chi connectivity index (χ0n) is 22.7. The van der Waals surface area contributed by atoms with E-state index in [9.17, 15) is 14.4 Å². The van der Waals surface area contributed by atoms with Crippen LogP contribution in [0.3, 0.4) is 0 Å². The van der Waals surface area contributed by atoms with Crippen molar-refractivity contribution in [1.82, 2.24) is 15.1 Å². The zero-order chi connectivity index (χ0) is 27.4. The number of benzene rings is 2. The van der Waals surface area contributed by atoms with Crippen molar-refractivity contribution in [1.29, 1.82) is 0 Å². The Morgan fingerprint density at radius 1 is 0.821 bits per heavy atom. The molecule has 0 radical (unpaired) electrons. The summed E-state index contributed by atoms with van der Waals surface area (Å²) in [5.41, 5.74) is 2.33. The SMILES string of the molecule is COc1ccc(C(=O)Nc2cc(C(=O)N3CCNCC3)ccc2N2CCN(C(=O)C3CCC3)CC2)cc1OC. The van der Waals surface area contributed by atoms with Crippen molar-refractivity contribution in [3.05, 3.63) is 47.5 Å². The van der Waals surface area contributed by atoms with Crippen molar-refractivity contribution in [2.24, 2.45) is 5.92 Å². The fourth-order valence-corrected chi connectivity index (χ4v) is 5.35. The molecule has 0 aromatic heterocycles. The summed E-state index contributed by atoms with van der Waals surface area (Å²) < 4.78 is 10.7. The van der Waals surface area contributed by atoms with Gasteiger partial charge in [-0.05, 0) is 49.2 Å². The number of anilines is 2. The topological polar surface area (TPSA) is 103 Å². The van der Waals surface area contributed by atoms with Crippen LogP contribution < -0.4 is 25.0 Å². The van der Waals surface area contributed by atoms with Crippen LogP contribution in [0.25, 0.3) is 0 Å². The highest BCUT2D eigenvalue weighted by Crippen LogP contribution is 2.33. The van der Waals surface area contributed by atoms with Gasteiger partial charge in [0.25, 0.3) is 11.8 Å². The first-order chi connectivity index (χ1) is 19.0. The molecule has 2 aromatic carbocycles. The number of hydrogen-bond acceptors (Lipinski definition) is 7. The Hall–Kier alpha value is -3.79. The second-order valence-corrected chi connectivity index (χ2v) is 10.2. The highest BCUT2D eigenvalue weighted by molar-refractivity contribution is 6.07. The van der Waals surface area contributed by atoms with Crippen molar-refractivity contribution < 1.29 is 23.9 Å². The van der Waals surface area contributed by atoms with E-state index in [1.807, 2.05) is 21.9 Å². The smallest absolute Gasteiger partial charge is 0.255 e. The Bertz CT molecular complexity index is 1220. The largest absolute Gasteiger partial charge is 0.493 e. The monoisotopic (exact) mass is 535 g/mol. The van der Waals surface area contributed by atoms with Crippen LogP contribution in [0.1, 0.15) is 40.0 Å². The number of carbonyl (C=O) groups excluding carboxylic acids is 3. The fraction of sp³-hybridized carbons (Fsp3) is 0.483. The average molecular weight is 536 g/mol. The molecule has 3 amide bonds. The van der Waals surface area contributed by atoms with Gasteiger partial charge in [0.05, 0.1) is 25.6 Å². The molecule has 1 aliphatic carbocycles. The van der Waals surface area contributed by atoms with Gasteiger partial charge in [0, 0.05) is 69.4 Å². The van der Waals surface area contributed by atoms with E-state index >= 15 is 0 Å². The Labute approximate surface area is 229 Å². The van der Waals surface area contributed by atoms with Gasteiger partial charge in [-0.25, -0.2) is 0 Å². The summed E-state index contributed by atoms with van der Waals surface area (Å²) in [5, 5.41) is 6.31. The molecule has 39 heavy (non-hydrogen) atoms. The van der Waals surface area contributed by atoms with Crippen LogP contribution >= 0.6 is 0 Å². The van der Waals surface area contributed by atoms with E-state index in [2.05, 4.69) is 15.5 Å². The van der Waals surface area contributed by atoms with Crippen LogP contribution in [0, 0.1) is 5.92 Å². The van der Waals surface area contributed by atoms with E-state index in [1.165, 1.54) is 7.11 Å². The Kier molecular flexibility index (Phi) is 8.21. The lowest BCUT2D eigenvalue weighted by Crippen LogP contribution is -2.51. The highest BCUT2D eigenvalue weighted by Gasteiger charge is 2.32. The Morgan fingerprint density at radius 3 is 2.15 bits per heavy atom. The van der Waals surface area contributed by atoms with E-state index < -0.39 is 0 Å². The van der Waals surface area contributed by atoms with Crippen LogP contribution in [0.2, 0.25) is 0 Å². The minimum Gasteiger partial charge on any atom is -0.493 e. The molecule has 2 heterocycles. The van der Waals surface area contributed by atoms with Crippen LogP contribution in [0.15, 0.2) is 36.4 Å². The van der Waals surface area contributed by atoms with Gasteiger partial charge < -0.3 is 34.8 Å². The van der Waals surface area contributed by atoms with Gasteiger partial charge in [-0.15, -0.1) is 0 Å². The molecule has 208 valence electrons. The van der Waals surface area contributed by atoms with E-state index in [4.69, 9.17) is 9.47 Å². The lowest BCUT2D eigenvalue weighted by Gasteiger charge is -2.39. The standard InChI is InChI=1S/C29H37N5O5/c1-38-25-9-7-21(19-26(25)39-2)27(35)31-23-18-22(29(37)33-12-10-30-11-13-33)6-8-24(23)32-14-16-34(17-15-32)28(36)20-4-3-5-20/h6-9,18-20,30H,3-5,10-17H2,1-2H3,(H,31,35). The normalized spacial score (nSPS) is 17.8. The molecule has 2 N–H and O–H groups in total. The van der Waals surface area contributed by atoms with Crippen LogP contribution in [0.4, 0.5) is 11.4 Å². The number of piperazine rings is 2. The number of amides is 3. The number of carbonyl (C=O) groups is 3. The minimum absolute atomic E-state index is 0.0550. The molecule has 5 rings (SSSR count). The van der Waals surface area contributed by atoms with Crippen LogP contribution in [0.5, 0.6) is 11.5 Å². The quantitative estimate of drug-likeness (QED) is 0.561. The summed E-state index contributed by atoms with van der Waals surface area (Å²) in [6, 6.07) is 10.5. The predicted molar refractivity (Wildman–Crippen MR) is 149 cm³/mol. The second kappa shape index (κ2) is 11.9. The first-order valence-corrected chi connectivity index (χ1v) is 13.7. The van der Waals surface area contributed by atoms with Gasteiger partial charge in [0.1, 0.15) is 0 Å². The minimum atomic E-state index is -0.317. The van der Waals surface area contributed by atoms with Crippen molar-refractivity contribution in [3.63, 3.8) is 0 Å². The van der Waals surface area contributed by atoms with Gasteiger partial charge in [0.2, 0.25) is 5.91 Å². The highest BCUT2D eigenvalue weighted by atomic mass is 16.5. The molecule has 3 aliphatic rings. The Morgan fingerprint density at radius 2 is 1.51 bits per heavy atom. The number of methoxy groups -OCH3 is 2. The first-order valence-electron chi connectivity index (χ1n) is 13.7. The van der Waals surface area contributed by atoms with Crippen molar-refractivity contribution >= 4 is 29.1 Å². The van der Waals surface area contributed by atoms with Crippen LogP contribution in [-0.4, -0.2) is 94.1 Å². The molecule has 10 nitrogen and oxygen atoms in total. The van der Waals surface area contributed by atoms with E-state index in [0.717, 1.165) is 38.0 Å². The molecule has 3 fully saturated rings. The van der Waals surface area contributed by atoms with Gasteiger partial charge in [-0.2, -0.15) is 0 Å². The molecule has 2 saturated heterocycles. The zero-order valence-corrected chi connectivity index (χ0v) is 22.7. The maximum atomic E-state index is 13.4. The van der Waals surface area contributed by atoms with Crippen LogP contribution in [-0.2, 0) is 4.79 Å². The molecule has 0 atom stereocenters. The number of ether oxygens (including phenoxy) is 2. The molecular weight excluding hydrogens is 498 g/mol. The summed E-state index contributed by atoms with van der Waals surface area (Å²) in [5.74, 6) is 1.07. The third kappa shape index (κ3) is 5.80. The number of nitrogens with zero attached hydrogens (tertiary/aromatic N) is 3. The van der Waals surface area contributed by atoms with Gasteiger partial charge in [-0.1, -0.05) is 6.42 Å². The lowest BCUT2D eigenvalue weighted by atomic mass is 9.84. The summed E-state index contributed by atoms with van der Waals surface area (Å²) in [6.07, 6.45) is 3.13. The third-order valence-corrected chi connectivity index (χ3v) is 7.93. The summed E-state index contributed by atoms with van der Waals surface area (Å²) in [6.45, 7) is 5.40. The van der Waals surface area contributed by atoms with Gasteiger partial charge in [0.15, 0.2) is 11.5 Å².